The molecule has 1 unspecified atom stereocenters. The van der Waals surface area contributed by atoms with Gasteiger partial charge in [-0.05, 0) is 18.6 Å². The Hall–Kier alpha value is -2.22. The number of aromatic hydroxyl groups is 1. The van der Waals surface area contributed by atoms with Gasteiger partial charge >= 0.3 is 0 Å². The van der Waals surface area contributed by atoms with Gasteiger partial charge in [0.05, 0.1) is 18.7 Å². The van der Waals surface area contributed by atoms with Crippen LogP contribution in [-0.4, -0.2) is 24.2 Å². The fourth-order valence-electron chi connectivity index (χ4n) is 1.29. The SMILES string of the molecule is CCC(C#N)NC(=O)c1ccc(OC)cc1O. The number of carbonyl (C=O) groups is 1. The summed E-state index contributed by atoms with van der Waals surface area (Å²) in [5, 5.41) is 20.9. The van der Waals surface area contributed by atoms with E-state index in [4.69, 9.17) is 10.00 Å². The molecule has 2 N–H and O–H groups in total. The number of amides is 1. The normalized spacial score (nSPS) is 11.4. The van der Waals surface area contributed by atoms with E-state index < -0.39 is 11.9 Å². The molecule has 1 aromatic carbocycles. The van der Waals surface area contributed by atoms with Crippen molar-refractivity contribution in [1.82, 2.24) is 5.32 Å². The molecule has 1 atom stereocenters. The van der Waals surface area contributed by atoms with Crippen molar-refractivity contribution in [3.05, 3.63) is 23.8 Å². The third-order valence-electron chi connectivity index (χ3n) is 2.32. The zero-order valence-electron chi connectivity index (χ0n) is 9.73. The van der Waals surface area contributed by atoms with Gasteiger partial charge in [0.25, 0.3) is 5.91 Å². The molecule has 0 fully saturated rings. The molecule has 1 aromatic rings. The summed E-state index contributed by atoms with van der Waals surface area (Å²) in [6.45, 7) is 1.79. The predicted molar refractivity (Wildman–Crippen MR) is 61.8 cm³/mol. The molecule has 0 radical (unpaired) electrons. The number of nitrogens with zero attached hydrogens (tertiary/aromatic N) is 1. The van der Waals surface area contributed by atoms with Crippen LogP contribution in [0.25, 0.3) is 0 Å². The largest absolute Gasteiger partial charge is 0.507 e. The molecular weight excluding hydrogens is 220 g/mol. The van der Waals surface area contributed by atoms with Crippen molar-refractivity contribution in [2.24, 2.45) is 0 Å². The standard InChI is InChI=1S/C12H14N2O3/c1-3-8(7-13)14-12(16)10-5-4-9(17-2)6-11(10)15/h4-6,8,15H,3H2,1-2H3,(H,14,16). The van der Waals surface area contributed by atoms with E-state index in [0.717, 1.165) is 0 Å². The molecule has 0 spiro atoms. The topological polar surface area (TPSA) is 82.4 Å². The molecule has 0 aliphatic heterocycles. The van der Waals surface area contributed by atoms with E-state index in [1.54, 1.807) is 13.0 Å². The van der Waals surface area contributed by atoms with Crippen LogP contribution in [-0.2, 0) is 0 Å². The minimum Gasteiger partial charge on any atom is -0.507 e. The maximum atomic E-state index is 11.7. The molecule has 17 heavy (non-hydrogen) atoms. The molecule has 0 saturated carbocycles. The number of nitrogens with one attached hydrogen (secondary N) is 1. The smallest absolute Gasteiger partial charge is 0.256 e. The molecule has 5 heteroatoms. The number of hydrogen-bond donors (Lipinski definition) is 2. The van der Waals surface area contributed by atoms with Crippen molar-refractivity contribution in [1.29, 1.82) is 5.26 Å². The molecule has 0 saturated heterocycles. The molecule has 90 valence electrons. The second-order valence-electron chi connectivity index (χ2n) is 3.45. The molecular formula is C12H14N2O3. The van der Waals surface area contributed by atoms with Crippen LogP contribution >= 0.6 is 0 Å². The van der Waals surface area contributed by atoms with Crippen LogP contribution in [0.15, 0.2) is 18.2 Å². The highest BCUT2D eigenvalue weighted by Crippen LogP contribution is 2.23. The summed E-state index contributed by atoms with van der Waals surface area (Å²) in [6.07, 6.45) is 0.513. The first-order valence-electron chi connectivity index (χ1n) is 5.19. The lowest BCUT2D eigenvalue weighted by molar-refractivity contribution is 0.0942. The van der Waals surface area contributed by atoms with Crippen LogP contribution in [0.3, 0.4) is 0 Å². The first-order chi connectivity index (χ1) is 8.12. The van der Waals surface area contributed by atoms with Gasteiger partial charge < -0.3 is 15.2 Å². The summed E-state index contributed by atoms with van der Waals surface area (Å²) < 4.78 is 4.91. The lowest BCUT2D eigenvalue weighted by atomic mass is 10.1. The summed E-state index contributed by atoms with van der Waals surface area (Å²) in [4.78, 5) is 11.7. The summed E-state index contributed by atoms with van der Waals surface area (Å²) >= 11 is 0. The fraction of sp³-hybridized carbons (Fsp3) is 0.333. The van der Waals surface area contributed by atoms with Crippen molar-refractivity contribution in [3.63, 3.8) is 0 Å². The maximum absolute atomic E-state index is 11.7. The number of rotatable bonds is 4. The Bertz CT molecular complexity index is 452. The van der Waals surface area contributed by atoms with E-state index in [2.05, 4.69) is 5.32 Å². The first-order valence-corrected chi connectivity index (χ1v) is 5.19. The van der Waals surface area contributed by atoms with E-state index in [9.17, 15) is 9.90 Å². The number of carbonyl (C=O) groups excluding carboxylic acids is 1. The van der Waals surface area contributed by atoms with Gasteiger partial charge in [0.15, 0.2) is 0 Å². The second-order valence-corrected chi connectivity index (χ2v) is 3.45. The highest BCUT2D eigenvalue weighted by molar-refractivity contribution is 5.97. The number of methoxy groups -OCH3 is 1. The number of benzene rings is 1. The Morgan fingerprint density at radius 3 is 2.82 bits per heavy atom. The minimum absolute atomic E-state index is 0.125. The Labute approximate surface area is 99.6 Å². The molecule has 0 aliphatic carbocycles. The monoisotopic (exact) mass is 234 g/mol. The molecule has 0 aliphatic rings. The highest BCUT2D eigenvalue weighted by Gasteiger charge is 2.15. The number of nitriles is 1. The number of hydrogen-bond acceptors (Lipinski definition) is 4. The van der Waals surface area contributed by atoms with E-state index in [0.29, 0.717) is 12.2 Å². The van der Waals surface area contributed by atoms with Gasteiger partial charge in [-0.1, -0.05) is 6.92 Å². The molecule has 1 amide bonds. The van der Waals surface area contributed by atoms with Crippen LogP contribution in [0.1, 0.15) is 23.7 Å². The van der Waals surface area contributed by atoms with Gasteiger partial charge in [0.2, 0.25) is 0 Å². The zero-order valence-corrected chi connectivity index (χ0v) is 9.73. The van der Waals surface area contributed by atoms with E-state index in [-0.39, 0.29) is 11.3 Å². The van der Waals surface area contributed by atoms with Crippen LogP contribution < -0.4 is 10.1 Å². The molecule has 1 rings (SSSR count). The Kier molecular flexibility index (Phi) is 4.35. The van der Waals surface area contributed by atoms with E-state index >= 15 is 0 Å². The highest BCUT2D eigenvalue weighted by atomic mass is 16.5. The number of ether oxygens (including phenoxy) is 1. The number of phenols is 1. The van der Waals surface area contributed by atoms with Gasteiger partial charge in [-0.3, -0.25) is 4.79 Å². The van der Waals surface area contributed by atoms with E-state index in [1.807, 2.05) is 6.07 Å². The summed E-state index contributed by atoms with van der Waals surface area (Å²) in [7, 11) is 1.47. The summed E-state index contributed by atoms with van der Waals surface area (Å²) in [5.74, 6) is -0.181. The van der Waals surface area contributed by atoms with Gasteiger partial charge in [-0.25, -0.2) is 0 Å². The van der Waals surface area contributed by atoms with Gasteiger partial charge in [0, 0.05) is 6.07 Å². The van der Waals surface area contributed by atoms with Gasteiger partial charge in [0.1, 0.15) is 17.5 Å². The van der Waals surface area contributed by atoms with Gasteiger partial charge in [-0.15, -0.1) is 0 Å². The van der Waals surface area contributed by atoms with Crippen LogP contribution in [0, 0.1) is 11.3 Å². The van der Waals surface area contributed by atoms with E-state index in [1.165, 1.54) is 19.2 Å². The van der Waals surface area contributed by atoms with Crippen LogP contribution in [0.4, 0.5) is 0 Å². The molecule has 0 bridgehead atoms. The van der Waals surface area contributed by atoms with Crippen molar-refractivity contribution >= 4 is 5.91 Å². The summed E-state index contributed by atoms with van der Waals surface area (Å²) in [5.41, 5.74) is 0.125. The lowest BCUT2D eigenvalue weighted by Crippen LogP contribution is -2.33. The third kappa shape index (κ3) is 3.11. The van der Waals surface area contributed by atoms with Crippen molar-refractivity contribution in [2.45, 2.75) is 19.4 Å². The first kappa shape index (κ1) is 12.8. The zero-order chi connectivity index (χ0) is 12.8. The summed E-state index contributed by atoms with van der Waals surface area (Å²) in [6, 6.07) is 5.78. The average Bonchev–Trinajstić information content (AvgIpc) is 2.35. The Balaban J connectivity index is 2.86. The molecule has 0 heterocycles. The van der Waals surface area contributed by atoms with Gasteiger partial charge in [-0.2, -0.15) is 5.26 Å². The van der Waals surface area contributed by atoms with Crippen molar-refractivity contribution in [2.75, 3.05) is 7.11 Å². The Morgan fingerprint density at radius 1 is 1.65 bits per heavy atom. The second kappa shape index (κ2) is 5.75. The average molecular weight is 234 g/mol. The van der Waals surface area contributed by atoms with Crippen LogP contribution in [0.5, 0.6) is 11.5 Å². The quantitative estimate of drug-likeness (QED) is 0.825. The maximum Gasteiger partial charge on any atom is 0.256 e. The van der Waals surface area contributed by atoms with Crippen molar-refractivity contribution in [3.8, 4) is 17.6 Å². The predicted octanol–water partition coefficient (Wildman–Crippen LogP) is 1.43. The lowest BCUT2D eigenvalue weighted by Gasteiger charge is -2.10. The number of phenolic OH excluding ortho intramolecular Hbond substituents is 1. The third-order valence-corrected chi connectivity index (χ3v) is 2.32. The van der Waals surface area contributed by atoms with Crippen molar-refractivity contribution < 1.29 is 14.6 Å². The minimum atomic E-state index is -0.552. The van der Waals surface area contributed by atoms with Crippen LogP contribution in [0.2, 0.25) is 0 Å². The fourth-order valence-corrected chi connectivity index (χ4v) is 1.29. The molecule has 5 nitrogen and oxygen atoms in total. The molecule has 0 aromatic heterocycles. The Morgan fingerprint density at radius 2 is 2.35 bits per heavy atom.